The molecule has 1 N–H and O–H groups in total. The summed E-state index contributed by atoms with van der Waals surface area (Å²) in [5.74, 6) is 1.48. The van der Waals surface area contributed by atoms with Crippen molar-refractivity contribution in [1.82, 2.24) is 19.8 Å². The molecule has 2 saturated heterocycles. The van der Waals surface area contributed by atoms with Gasteiger partial charge in [0.25, 0.3) is 0 Å². The highest BCUT2D eigenvalue weighted by Crippen LogP contribution is 2.44. The zero-order valence-electron chi connectivity index (χ0n) is 16.2. The van der Waals surface area contributed by atoms with Crippen molar-refractivity contribution in [1.29, 1.82) is 0 Å². The van der Waals surface area contributed by atoms with E-state index in [0.29, 0.717) is 12.1 Å². The van der Waals surface area contributed by atoms with Crippen molar-refractivity contribution >= 4 is 5.91 Å². The number of hydrogen-bond acceptors (Lipinski definition) is 3. The van der Waals surface area contributed by atoms with Gasteiger partial charge in [-0.05, 0) is 37.8 Å². The van der Waals surface area contributed by atoms with Gasteiger partial charge in [-0.25, -0.2) is 4.98 Å². The first-order valence-electron chi connectivity index (χ1n) is 10.4. The van der Waals surface area contributed by atoms with Gasteiger partial charge in [-0.1, -0.05) is 37.3 Å². The molecule has 3 heterocycles. The zero-order valence-corrected chi connectivity index (χ0v) is 16.2. The molecule has 27 heavy (non-hydrogen) atoms. The molecule has 144 valence electrons. The van der Waals surface area contributed by atoms with Gasteiger partial charge in [0.2, 0.25) is 5.91 Å². The standard InChI is InChI=1S/C22H30N4O/c1-2-21-23-12-15-25(21)13-7-11-24-22(27)18-16-20(17-8-4-3-5-9-17)26-14-6-10-19(18)26/h3-5,8-9,12,15,18-20H,2,6-7,10-11,13-14,16H2,1H3,(H,24,27)/t18-,19+,20-/m1/s1. The van der Waals surface area contributed by atoms with Crippen LogP contribution in [-0.4, -0.2) is 39.5 Å². The maximum absolute atomic E-state index is 12.9. The highest BCUT2D eigenvalue weighted by molar-refractivity contribution is 5.80. The molecule has 0 bridgehead atoms. The lowest BCUT2D eigenvalue weighted by Gasteiger charge is -2.24. The molecule has 0 saturated carbocycles. The SMILES string of the molecule is CCc1nccn1CCCNC(=O)[C@@H]1C[C@H](c2ccccc2)N2CCC[C@@H]12. The minimum absolute atomic E-state index is 0.122. The Bertz CT molecular complexity index is 757. The molecular formula is C22H30N4O. The molecule has 0 radical (unpaired) electrons. The normalized spacial score (nSPS) is 24.9. The number of aryl methyl sites for hydroxylation is 2. The third kappa shape index (κ3) is 3.79. The van der Waals surface area contributed by atoms with Crippen molar-refractivity contribution < 1.29 is 4.79 Å². The van der Waals surface area contributed by atoms with Gasteiger partial charge in [0.1, 0.15) is 5.82 Å². The number of nitrogens with one attached hydrogen (secondary N) is 1. The lowest BCUT2D eigenvalue weighted by atomic mass is 9.93. The van der Waals surface area contributed by atoms with Crippen LogP contribution in [0.2, 0.25) is 0 Å². The Morgan fingerprint density at radius 2 is 2.15 bits per heavy atom. The van der Waals surface area contributed by atoms with E-state index in [2.05, 4.69) is 57.0 Å². The van der Waals surface area contributed by atoms with Crippen LogP contribution in [0.25, 0.3) is 0 Å². The van der Waals surface area contributed by atoms with E-state index >= 15 is 0 Å². The summed E-state index contributed by atoms with van der Waals surface area (Å²) in [4.78, 5) is 19.8. The average Bonchev–Trinajstić information content (AvgIpc) is 3.41. The second kappa shape index (κ2) is 8.26. The first kappa shape index (κ1) is 18.2. The van der Waals surface area contributed by atoms with Gasteiger partial charge in [-0.3, -0.25) is 9.69 Å². The fourth-order valence-electron chi connectivity index (χ4n) is 4.90. The molecule has 1 aromatic carbocycles. The Balaban J connectivity index is 1.32. The summed E-state index contributed by atoms with van der Waals surface area (Å²) in [6.07, 6.45) is 9.07. The molecule has 2 aliphatic rings. The minimum atomic E-state index is 0.122. The van der Waals surface area contributed by atoms with Crippen LogP contribution in [0, 0.1) is 5.92 Å². The number of fused-ring (bicyclic) bond motifs is 1. The first-order valence-corrected chi connectivity index (χ1v) is 10.4. The van der Waals surface area contributed by atoms with E-state index < -0.39 is 0 Å². The third-order valence-corrected chi connectivity index (χ3v) is 6.20. The number of carbonyl (C=O) groups excluding carboxylic acids is 1. The smallest absolute Gasteiger partial charge is 0.224 e. The lowest BCUT2D eigenvalue weighted by Crippen LogP contribution is -2.38. The Morgan fingerprint density at radius 3 is 2.96 bits per heavy atom. The summed E-state index contributed by atoms with van der Waals surface area (Å²) in [6.45, 7) is 4.89. The van der Waals surface area contributed by atoms with E-state index in [1.807, 2.05) is 12.4 Å². The van der Waals surface area contributed by atoms with Crippen molar-refractivity contribution in [2.75, 3.05) is 13.1 Å². The zero-order chi connectivity index (χ0) is 18.6. The molecule has 0 spiro atoms. The highest BCUT2D eigenvalue weighted by atomic mass is 16.2. The van der Waals surface area contributed by atoms with Crippen molar-refractivity contribution in [2.45, 2.75) is 57.7 Å². The summed E-state index contributed by atoms with van der Waals surface area (Å²) >= 11 is 0. The van der Waals surface area contributed by atoms with E-state index in [-0.39, 0.29) is 11.8 Å². The number of hydrogen-bond donors (Lipinski definition) is 1. The van der Waals surface area contributed by atoms with Gasteiger partial charge >= 0.3 is 0 Å². The third-order valence-electron chi connectivity index (χ3n) is 6.20. The number of rotatable bonds is 7. The number of imidazole rings is 1. The Labute approximate surface area is 161 Å². The molecule has 3 atom stereocenters. The molecule has 5 heteroatoms. The Kier molecular flexibility index (Phi) is 5.58. The van der Waals surface area contributed by atoms with E-state index in [1.165, 1.54) is 12.0 Å². The molecule has 1 aromatic heterocycles. The van der Waals surface area contributed by atoms with Crippen LogP contribution < -0.4 is 5.32 Å². The largest absolute Gasteiger partial charge is 0.356 e. The van der Waals surface area contributed by atoms with Crippen LogP contribution in [0.1, 0.15) is 50.0 Å². The number of benzene rings is 1. The van der Waals surface area contributed by atoms with Crippen LogP contribution in [0.5, 0.6) is 0 Å². The van der Waals surface area contributed by atoms with Gasteiger partial charge in [-0.15, -0.1) is 0 Å². The van der Waals surface area contributed by atoms with E-state index in [4.69, 9.17) is 0 Å². The molecule has 1 amide bonds. The molecule has 4 rings (SSSR count). The van der Waals surface area contributed by atoms with Crippen LogP contribution in [0.3, 0.4) is 0 Å². The molecule has 0 unspecified atom stereocenters. The maximum atomic E-state index is 12.9. The summed E-state index contributed by atoms with van der Waals surface area (Å²) in [5.41, 5.74) is 1.35. The lowest BCUT2D eigenvalue weighted by molar-refractivity contribution is -0.125. The van der Waals surface area contributed by atoms with Gasteiger partial charge in [0.15, 0.2) is 0 Å². The molecule has 2 aliphatic heterocycles. The molecule has 0 aliphatic carbocycles. The number of carbonyl (C=O) groups is 1. The number of aromatic nitrogens is 2. The van der Waals surface area contributed by atoms with Crippen LogP contribution in [0.15, 0.2) is 42.7 Å². The fraction of sp³-hybridized carbons (Fsp3) is 0.545. The monoisotopic (exact) mass is 366 g/mol. The number of nitrogens with zero attached hydrogens (tertiary/aromatic N) is 3. The average molecular weight is 367 g/mol. The van der Waals surface area contributed by atoms with Crippen molar-refractivity contribution in [3.05, 3.63) is 54.1 Å². The molecule has 2 fully saturated rings. The molecule has 2 aromatic rings. The quantitative estimate of drug-likeness (QED) is 0.766. The van der Waals surface area contributed by atoms with Crippen LogP contribution in [0.4, 0.5) is 0 Å². The van der Waals surface area contributed by atoms with Gasteiger partial charge < -0.3 is 9.88 Å². The summed E-state index contributed by atoms with van der Waals surface area (Å²) < 4.78 is 2.19. The van der Waals surface area contributed by atoms with E-state index in [9.17, 15) is 4.79 Å². The summed E-state index contributed by atoms with van der Waals surface area (Å²) in [7, 11) is 0. The van der Waals surface area contributed by atoms with Crippen molar-refractivity contribution in [3.8, 4) is 0 Å². The second-order valence-corrected chi connectivity index (χ2v) is 7.75. The Hall–Kier alpha value is -2.14. The first-order chi connectivity index (χ1) is 13.3. The highest BCUT2D eigenvalue weighted by Gasteiger charge is 2.46. The van der Waals surface area contributed by atoms with Gasteiger partial charge in [0, 0.05) is 44.0 Å². The van der Waals surface area contributed by atoms with Crippen LogP contribution in [-0.2, 0) is 17.8 Å². The summed E-state index contributed by atoms with van der Waals surface area (Å²) in [5, 5.41) is 3.21. The predicted molar refractivity (Wildman–Crippen MR) is 106 cm³/mol. The summed E-state index contributed by atoms with van der Waals surface area (Å²) in [6, 6.07) is 11.5. The van der Waals surface area contributed by atoms with E-state index in [0.717, 1.165) is 51.1 Å². The van der Waals surface area contributed by atoms with Gasteiger partial charge in [0.05, 0.1) is 5.92 Å². The van der Waals surface area contributed by atoms with Crippen molar-refractivity contribution in [2.24, 2.45) is 5.92 Å². The predicted octanol–water partition coefficient (Wildman–Crippen LogP) is 3.18. The second-order valence-electron chi connectivity index (χ2n) is 7.75. The molecule has 5 nitrogen and oxygen atoms in total. The van der Waals surface area contributed by atoms with Gasteiger partial charge in [-0.2, -0.15) is 0 Å². The fourth-order valence-corrected chi connectivity index (χ4v) is 4.90. The molecular weight excluding hydrogens is 336 g/mol. The van der Waals surface area contributed by atoms with E-state index in [1.54, 1.807) is 0 Å². The Morgan fingerprint density at radius 1 is 1.30 bits per heavy atom. The number of amides is 1. The topological polar surface area (TPSA) is 50.2 Å². The van der Waals surface area contributed by atoms with Crippen LogP contribution >= 0.6 is 0 Å². The minimum Gasteiger partial charge on any atom is -0.356 e. The van der Waals surface area contributed by atoms with Crippen molar-refractivity contribution in [3.63, 3.8) is 0 Å². The maximum Gasteiger partial charge on any atom is 0.224 e.